The van der Waals surface area contributed by atoms with Gasteiger partial charge in [-0.05, 0) is 54.8 Å². The van der Waals surface area contributed by atoms with E-state index in [2.05, 4.69) is 34.9 Å². The minimum atomic E-state index is -0.316. The number of carbonyl (C=O) groups is 1. The average Bonchev–Trinajstić information content (AvgIpc) is 2.81. The molecule has 2 aromatic carbocycles. The van der Waals surface area contributed by atoms with Crippen LogP contribution in [0.5, 0.6) is 0 Å². The second kappa shape index (κ2) is 11.9. The summed E-state index contributed by atoms with van der Waals surface area (Å²) in [4.78, 5) is 17.3. The molecule has 1 heterocycles. The van der Waals surface area contributed by atoms with E-state index in [1.165, 1.54) is 37.0 Å². The molecule has 0 amide bonds. The molecule has 1 saturated heterocycles. The first-order valence-electron chi connectivity index (χ1n) is 11.8. The summed E-state index contributed by atoms with van der Waals surface area (Å²) in [5.41, 5.74) is 3.68. The molecule has 1 aliphatic heterocycles. The van der Waals surface area contributed by atoms with Gasteiger partial charge in [-0.3, -0.25) is 9.69 Å². The highest BCUT2D eigenvalue weighted by molar-refractivity contribution is 5.96. The molecule has 0 saturated carbocycles. The maximum Gasteiger partial charge on any atom is 0.164 e. The summed E-state index contributed by atoms with van der Waals surface area (Å²) in [6.45, 7) is 8.81. The highest BCUT2D eigenvalue weighted by Gasteiger charge is 2.25. The fourth-order valence-electron chi connectivity index (χ4n) is 4.51. The number of ketones is 1. The summed E-state index contributed by atoms with van der Waals surface area (Å²) in [6.07, 6.45) is 5.22. The Labute approximate surface area is 191 Å². The van der Waals surface area contributed by atoms with Crippen molar-refractivity contribution >= 4 is 5.78 Å². The fourth-order valence-corrected chi connectivity index (χ4v) is 4.51. The van der Waals surface area contributed by atoms with E-state index in [0.29, 0.717) is 18.0 Å². The number of nitriles is 1. The number of piperazine rings is 1. The van der Waals surface area contributed by atoms with Gasteiger partial charge in [0.05, 0.1) is 11.6 Å². The van der Waals surface area contributed by atoms with Crippen molar-refractivity contribution in [1.29, 1.82) is 5.26 Å². The topological polar surface area (TPSA) is 47.3 Å². The summed E-state index contributed by atoms with van der Waals surface area (Å²) in [7, 11) is 0. The molecule has 1 aliphatic rings. The number of aryl methyl sites for hydroxylation is 1. The van der Waals surface area contributed by atoms with Crippen LogP contribution in [0.15, 0.2) is 42.5 Å². The van der Waals surface area contributed by atoms with Gasteiger partial charge < -0.3 is 4.90 Å². The summed E-state index contributed by atoms with van der Waals surface area (Å²) in [5.74, 6) is -0.249. The Morgan fingerprint density at radius 3 is 2.44 bits per heavy atom. The van der Waals surface area contributed by atoms with Crippen molar-refractivity contribution in [1.82, 2.24) is 9.80 Å². The summed E-state index contributed by atoms with van der Waals surface area (Å²) in [6, 6.07) is 14.7. The smallest absolute Gasteiger partial charge is 0.164 e. The number of unbranched alkanes of at least 4 members (excludes halogenated alkanes) is 2. The quantitative estimate of drug-likeness (QED) is 0.364. The maximum absolute atomic E-state index is 13.1. The van der Waals surface area contributed by atoms with E-state index in [4.69, 9.17) is 0 Å². The lowest BCUT2D eigenvalue weighted by Crippen LogP contribution is -2.48. The SMILES string of the molecule is CCCCCC(c1ccc(C#N)c(C)c1)N1CCN(CCC(=O)c2ccc(F)cc2)CC1. The third-order valence-electron chi connectivity index (χ3n) is 6.51. The fraction of sp³-hybridized carbons (Fsp3) is 0.481. The molecule has 4 nitrogen and oxygen atoms in total. The van der Waals surface area contributed by atoms with Crippen molar-refractivity contribution in [3.05, 3.63) is 70.5 Å². The number of hydrogen-bond donors (Lipinski definition) is 0. The lowest BCUT2D eigenvalue weighted by atomic mass is 9.95. The number of carbonyl (C=O) groups excluding carboxylic acids is 1. The highest BCUT2D eigenvalue weighted by Crippen LogP contribution is 2.29. The van der Waals surface area contributed by atoms with Gasteiger partial charge in [0.15, 0.2) is 5.78 Å². The van der Waals surface area contributed by atoms with Crippen LogP contribution in [0.25, 0.3) is 0 Å². The van der Waals surface area contributed by atoms with Crippen LogP contribution in [0.2, 0.25) is 0 Å². The van der Waals surface area contributed by atoms with Gasteiger partial charge in [-0.25, -0.2) is 4.39 Å². The van der Waals surface area contributed by atoms with E-state index in [1.54, 1.807) is 12.1 Å². The number of nitrogens with zero attached hydrogens (tertiary/aromatic N) is 3. The van der Waals surface area contributed by atoms with E-state index in [9.17, 15) is 14.4 Å². The zero-order chi connectivity index (χ0) is 22.9. The van der Waals surface area contributed by atoms with Gasteiger partial charge in [-0.1, -0.05) is 38.3 Å². The van der Waals surface area contributed by atoms with Crippen LogP contribution in [0.1, 0.15) is 72.1 Å². The average molecular weight is 436 g/mol. The van der Waals surface area contributed by atoms with Crippen LogP contribution in [-0.4, -0.2) is 48.3 Å². The molecule has 170 valence electrons. The van der Waals surface area contributed by atoms with Crippen LogP contribution < -0.4 is 0 Å². The molecule has 0 spiro atoms. The molecule has 3 rings (SSSR count). The van der Waals surface area contributed by atoms with E-state index >= 15 is 0 Å². The molecular weight excluding hydrogens is 401 g/mol. The van der Waals surface area contributed by atoms with Crippen LogP contribution in [0.3, 0.4) is 0 Å². The number of hydrogen-bond acceptors (Lipinski definition) is 4. The van der Waals surface area contributed by atoms with Gasteiger partial charge in [0.25, 0.3) is 0 Å². The van der Waals surface area contributed by atoms with E-state index in [1.807, 2.05) is 13.0 Å². The van der Waals surface area contributed by atoms with Gasteiger partial charge in [0.2, 0.25) is 0 Å². The maximum atomic E-state index is 13.1. The Hall–Kier alpha value is -2.55. The lowest BCUT2D eigenvalue weighted by molar-refractivity contribution is 0.0820. The zero-order valence-electron chi connectivity index (χ0n) is 19.3. The molecule has 1 fully saturated rings. The minimum absolute atomic E-state index is 0.0675. The van der Waals surface area contributed by atoms with Crippen molar-refractivity contribution in [2.45, 2.75) is 52.0 Å². The summed E-state index contributed by atoms with van der Waals surface area (Å²) < 4.78 is 13.1. The molecule has 0 aliphatic carbocycles. The van der Waals surface area contributed by atoms with Crippen molar-refractivity contribution in [3.63, 3.8) is 0 Å². The molecular formula is C27H34FN3O. The van der Waals surface area contributed by atoms with E-state index in [-0.39, 0.29) is 11.6 Å². The third-order valence-corrected chi connectivity index (χ3v) is 6.51. The zero-order valence-corrected chi connectivity index (χ0v) is 19.3. The van der Waals surface area contributed by atoms with E-state index in [0.717, 1.165) is 50.3 Å². The first-order chi connectivity index (χ1) is 15.5. The van der Waals surface area contributed by atoms with Gasteiger partial charge in [-0.15, -0.1) is 0 Å². The molecule has 0 bridgehead atoms. The Kier molecular flexibility index (Phi) is 8.96. The number of benzene rings is 2. The molecule has 0 N–H and O–H groups in total. The van der Waals surface area contributed by atoms with Gasteiger partial charge in [0.1, 0.15) is 5.82 Å². The van der Waals surface area contributed by atoms with Gasteiger partial charge in [0, 0.05) is 50.7 Å². The molecule has 5 heteroatoms. The first-order valence-corrected chi connectivity index (χ1v) is 11.8. The predicted octanol–water partition coefficient (Wildman–Crippen LogP) is 5.52. The number of halogens is 1. The standard InChI is InChI=1S/C27H34FN3O/c1-3-4-5-6-26(23-7-8-24(20-29)21(2)19-23)31-17-15-30(16-18-31)14-13-27(32)22-9-11-25(28)12-10-22/h7-12,19,26H,3-6,13-18H2,1-2H3. The lowest BCUT2D eigenvalue weighted by Gasteiger charge is -2.39. The molecule has 0 radical (unpaired) electrons. The molecule has 1 unspecified atom stereocenters. The van der Waals surface area contributed by atoms with Crippen molar-refractivity contribution in [2.24, 2.45) is 0 Å². The summed E-state index contributed by atoms with van der Waals surface area (Å²) >= 11 is 0. The van der Waals surface area contributed by atoms with Crippen molar-refractivity contribution < 1.29 is 9.18 Å². The van der Waals surface area contributed by atoms with Crippen molar-refractivity contribution in [2.75, 3.05) is 32.7 Å². The Balaban J connectivity index is 1.57. The number of Topliss-reactive ketones (excluding diaryl/α,β-unsaturated/α-hetero) is 1. The monoisotopic (exact) mass is 435 g/mol. The molecule has 1 atom stereocenters. The number of rotatable bonds is 10. The third kappa shape index (κ3) is 6.48. The van der Waals surface area contributed by atoms with Crippen LogP contribution in [0.4, 0.5) is 4.39 Å². The van der Waals surface area contributed by atoms with Crippen LogP contribution >= 0.6 is 0 Å². The predicted molar refractivity (Wildman–Crippen MR) is 126 cm³/mol. The Morgan fingerprint density at radius 1 is 1.09 bits per heavy atom. The molecule has 32 heavy (non-hydrogen) atoms. The summed E-state index contributed by atoms with van der Waals surface area (Å²) in [5, 5.41) is 9.27. The van der Waals surface area contributed by atoms with Crippen LogP contribution in [0, 0.1) is 24.1 Å². The normalized spacial score (nSPS) is 15.9. The highest BCUT2D eigenvalue weighted by atomic mass is 19.1. The van der Waals surface area contributed by atoms with Crippen LogP contribution in [-0.2, 0) is 0 Å². The Morgan fingerprint density at radius 2 is 1.81 bits per heavy atom. The largest absolute Gasteiger partial charge is 0.300 e. The second-order valence-electron chi connectivity index (χ2n) is 8.76. The van der Waals surface area contributed by atoms with E-state index < -0.39 is 0 Å². The second-order valence-corrected chi connectivity index (χ2v) is 8.76. The van der Waals surface area contributed by atoms with Crippen molar-refractivity contribution in [3.8, 4) is 6.07 Å². The Bertz CT molecular complexity index is 927. The van der Waals surface area contributed by atoms with Gasteiger partial charge in [-0.2, -0.15) is 5.26 Å². The van der Waals surface area contributed by atoms with Gasteiger partial charge >= 0.3 is 0 Å². The molecule has 2 aromatic rings. The first kappa shape index (κ1) is 24.1. The minimum Gasteiger partial charge on any atom is -0.300 e. The molecule has 0 aromatic heterocycles.